The molecule has 2 fully saturated rings. The van der Waals surface area contributed by atoms with Gasteiger partial charge in [0.2, 0.25) is 0 Å². The molecular weight excluding hydrogens is 264 g/mol. The number of benzene rings is 1. The smallest absolute Gasteiger partial charge is 0.125 e. The van der Waals surface area contributed by atoms with Crippen LogP contribution in [-0.2, 0) is 4.74 Å². The monoisotopic (exact) mass is 290 g/mol. The molecule has 1 unspecified atom stereocenters. The first kappa shape index (κ1) is 14.9. The quantitative estimate of drug-likeness (QED) is 0.913. The molecule has 3 nitrogen and oxygen atoms in total. The average molecular weight is 290 g/mol. The predicted octanol–water partition coefficient (Wildman–Crippen LogP) is 3.92. The molecule has 0 amide bonds. The highest BCUT2D eigenvalue weighted by Crippen LogP contribution is 2.43. The van der Waals surface area contributed by atoms with Crippen LogP contribution in [-0.4, -0.2) is 23.4 Å². The van der Waals surface area contributed by atoms with Gasteiger partial charge in [-0.1, -0.05) is 25.0 Å². The summed E-state index contributed by atoms with van der Waals surface area (Å²) in [6, 6.07) is 5.96. The zero-order valence-electron chi connectivity index (χ0n) is 13.1. The molecule has 1 spiro atoms. The summed E-state index contributed by atoms with van der Waals surface area (Å²) in [5.41, 5.74) is 2.16. The molecule has 1 saturated carbocycles. The zero-order valence-corrected chi connectivity index (χ0v) is 13.1. The van der Waals surface area contributed by atoms with Crippen LogP contribution in [0.2, 0.25) is 0 Å². The van der Waals surface area contributed by atoms with Crippen LogP contribution in [0.1, 0.15) is 62.7 Å². The van der Waals surface area contributed by atoms with Gasteiger partial charge in [0.1, 0.15) is 12.4 Å². The van der Waals surface area contributed by atoms with E-state index in [2.05, 4.69) is 0 Å². The van der Waals surface area contributed by atoms with Crippen molar-refractivity contribution < 1.29 is 14.6 Å². The van der Waals surface area contributed by atoms with Gasteiger partial charge in [-0.05, 0) is 51.2 Å². The van der Waals surface area contributed by atoms with Crippen molar-refractivity contribution in [2.24, 2.45) is 0 Å². The largest absolute Gasteiger partial charge is 0.490 e. The number of aliphatic hydroxyl groups excluding tert-OH is 1. The summed E-state index contributed by atoms with van der Waals surface area (Å²) in [4.78, 5) is 0. The number of aliphatic hydroxyl groups is 1. The van der Waals surface area contributed by atoms with Crippen LogP contribution in [0.15, 0.2) is 18.2 Å². The highest BCUT2D eigenvalue weighted by molar-refractivity contribution is 5.38. The van der Waals surface area contributed by atoms with Crippen molar-refractivity contribution in [1.29, 1.82) is 0 Å². The van der Waals surface area contributed by atoms with Gasteiger partial charge in [-0.25, -0.2) is 0 Å². The highest BCUT2D eigenvalue weighted by Gasteiger charge is 2.42. The number of hydrogen-bond acceptors (Lipinski definition) is 3. The molecule has 0 radical (unpaired) electrons. The van der Waals surface area contributed by atoms with Gasteiger partial charge in [-0.2, -0.15) is 0 Å². The zero-order chi connectivity index (χ0) is 14.9. The molecule has 0 bridgehead atoms. The summed E-state index contributed by atoms with van der Waals surface area (Å²) in [6.07, 6.45) is 7.00. The van der Waals surface area contributed by atoms with Crippen LogP contribution < -0.4 is 4.74 Å². The van der Waals surface area contributed by atoms with E-state index in [1.165, 1.54) is 32.1 Å². The van der Waals surface area contributed by atoms with E-state index in [1.807, 2.05) is 25.1 Å². The number of aryl methyl sites for hydroxylation is 1. The van der Waals surface area contributed by atoms with E-state index in [0.29, 0.717) is 6.61 Å². The van der Waals surface area contributed by atoms with Gasteiger partial charge in [0.05, 0.1) is 17.8 Å². The summed E-state index contributed by atoms with van der Waals surface area (Å²) in [6.45, 7) is 4.40. The first-order valence-corrected chi connectivity index (χ1v) is 8.17. The molecule has 2 atom stereocenters. The predicted molar refractivity (Wildman–Crippen MR) is 82.6 cm³/mol. The van der Waals surface area contributed by atoms with Crippen molar-refractivity contribution in [3.8, 4) is 5.75 Å². The van der Waals surface area contributed by atoms with Crippen molar-refractivity contribution in [3.63, 3.8) is 0 Å². The Morgan fingerprint density at radius 3 is 2.81 bits per heavy atom. The topological polar surface area (TPSA) is 38.7 Å². The second-order valence-corrected chi connectivity index (χ2v) is 6.70. The maximum absolute atomic E-state index is 9.84. The summed E-state index contributed by atoms with van der Waals surface area (Å²) in [5.74, 6) is 0.793. The average Bonchev–Trinajstić information content (AvgIpc) is 3.07. The lowest BCUT2D eigenvalue weighted by Gasteiger charge is -2.24. The maximum Gasteiger partial charge on any atom is 0.125 e. The SMILES string of the molecule is Cc1ccc([C@@H](C)O)c(OCC2CCC3(CCCC3)O2)c1. The van der Waals surface area contributed by atoms with Gasteiger partial charge in [-0.15, -0.1) is 0 Å². The number of ether oxygens (including phenoxy) is 2. The van der Waals surface area contributed by atoms with Gasteiger partial charge >= 0.3 is 0 Å². The van der Waals surface area contributed by atoms with E-state index in [4.69, 9.17) is 9.47 Å². The Kier molecular flexibility index (Phi) is 4.23. The van der Waals surface area contributed by atoms with Crippen molar-refractivity contribution in [3.05, 3.63) is 29.3 Å². The Morgan fingerprint density at radius 1 is 1.33 bits per heavy atom. The molecule has 1 heterocycles. The Morgan fingerprint density at radius 2 is 2.10 bits per heavy atom. The number of rotatable bonds is 4. The Bertz CT molecular complexity index is 489. The molecule has 21 heavy (non-hydrogen) atoms. The van der Waals surface area contributed by atoms with Crippen LogP contribution >= 0.6 is 0 Å². The van der Waals surface area contributed by atoms with E-state index in [-0.39, 0.29) is 11.7 Å². The molecule has 1 aromatic rings. The van der Waals surface area contributed by atoms with Crippen molar-refractivity contribution in [2.45, 2.75) is 70.2 Å². The fraction of sp³-hybridized carbons (Fsp3) is 0.667. The standard InChI is InChI=1S/C18H26O3/c1-13-5-6-16(14(2)19)17(11-13)20-12-15-7-10-18(21-15)8-3-4-9-18/h5-6,11,14-15,19H,3-4,7-10,12H2,1-2H3/t14-,15?/m1/s1. The van der Waals surface area contributed by atoms with Crippen molar-refractivity contribution >= 4 is 0 Å². The molecular formula is C18H26O3. The van der Waals surface area contributed by atoms with Gasteiger partial charge in [0.25, 0.3) is 0 Å². The molecule has 2 aliphatic rings. The molecule has 0 aromatic heterocycles. The lowest BCUT2D eigenvalue weighted by atomic mass is 9.98. The maximum atomic E-state index is 9.84. The molecule has 3 heteroatoms. The summed E-state index contributed by atoms with van der Waals surface area (Å²) in [7, 11) is 0. The van der Waals surface area contributed by atoms with E-state index in [0.717, 1.165) is 23.3 Å². The highest BCUT2D eigenvalue weighted by atomic mass is 16.6. The minimum Gasteiger partial charge on any atom is -0.490 e. The summed E-state index contributed by atoms with van der Waals surface area (Å²) in [5, 5.41) is 9.84. The van der Waals surface area contributed by atoms with E-state index < -0.39 is 6.10 Å². The third kappa shape index (κ3) is 3.24. The van der Waals surface area contributed by atoms with Gasteiger partial charge < -0.3 is 14.6 Å². The molecule has 1 aromatic carbocycles. The summed E-state index contributed by atoms with van der Waals surface area (Å²) >= 11 is 0. The van der Waals surface area contributed by atoms with Crippen molar-refractivity contribution in [2.75, 3.05) is 6.61 Å². The summed E-state index contributed by atoms with van der Waals surface area (Å²) < 4.78 is 12.3. The second kappa shape index (κ2) is 5.98. The first-order chi connectivity index (χ1) is 10.1. The Labute approximate surface area is 127 Å². The first-order valence-electron chi connectivity index (χ1n) is 8.17. The number of hydrogen-bond donors (Lipinski definition) is 1. The Balaban J connectivity index is 1.62. The molecule has 3 rings (SSSR count). The van der Waals surface area contributed by atoms with E-state index in [1.54, 1.807) is 6.92 Å². The fourth-order valence-corrected chi connectivity index (χ4v) is 3.69. The van der Waals surface area contributed by atoms with Crippen molar-refractivity contribution in [1.82, 2.24) is 0 Å². The van der Waals surface area contributed by atoms with Gasteiger partial charge in [0.15, 0.2) is 0 Å². The van der Waals surface area contributed by atoms with Crippen LogP contribution in [0.5, 0.6) is 5.75 Å². The van der Waals surface area contributed by atoms with Crippen LogP contribution in [0.25, 0.3) is 0 Å². The van der Waals surface area contributed by atoms with E-state index in [9.17, 15) is 5.11 Å². The van der Waals surface area contributed by atoms with Gasteiger partial charge in [0, 0.05) is 5.56 Å². The minimum atomic E-state index is -0.508. The van der Waals surface area contributed by atoms with Gasteiger partial charge in [-0.3, -0.25) is 0 Å². The molecule has 1 aliphatic heterocycles. The van der Waals surface area contributed by atoms with Crippen LogP contribution in [0.3, 0.4) is 0 Å². The molecule has 1 N–H and O–H groups in total. The second-order valence-electron chi connectivity index (χ2n) is 6.70. The normalized spacial score (nSPS) is 25.4. The third-order valence-electron chi connectivity index (χ3n) is 4.90. The minimum absolute atomic E-state index is 0.160. The molecule has 116 valence electrons. The molecule has 1 aliphatic carbocycles. The Hall–Kier alpha value is -1.06. The van der Waals surface area contributed by atoms with Crippen LogP contribution in [0.4, 0.5) is 0 Å². The third-order valence-corrected chi connectivity index (χ3v) is 4.90. The van der Waals surface area contributed by atoms with E-state index >= 15 is 0 Å². The molecule has 1 saturated heterocycles. The van der Waals surface area contributed by atoms with Crippen LogP contribution in [0, 0.1) is 6.92 Å². The lowest BCUT2D eigenvalue weighted by Crippen LogP contribution is -2.27. The lowest BCUT2D eigenvalue weighted by molar-refractivity contribution is -0.0511. The fourth-order valence-electron chi connectivity index (χ4n) is 3.69.